The van der Waals surface area contributed by atoms with E-state index in [0.29, 0.717) is 5.75 Å². The van der Waals surface area contributed by atoms with Crippen molar-refractivity contribution in [1.29, 1.82) is 0 Å². The van der Waals surface area contributed by atoms with Gasteiger partial charge in [-0.3, -0.25) is 9.67 Å². The van der Waals surface area contributed by atoms with E-state index in [4.69, 9.17) is 9.84 Å². The first-order valence-corrected chi connectivity index (χ1v) is 11.0. The first-order valence-electron chi connectivity index (χ1n) is 11.0. The number of nitrogens with zero attached hydrogens (tertiary/aromatic N) is 3. The SMILES string of the molecule is Cc1c(CCCn2cc(C(c3ccccc3)c3cccnc3)cn2)cccc1OCC(=O)O. The van der Waals surface area contributed by atoms with Gasteiger partial charge in [-0.15, -0.1) is 0 Å². The van der Waals surface area contributed by atoms with Crippen LogP contribution in [0.2, 0.25) is 0 Å². The molecule has 0 radical (unpaired) electrons. The number of pyridine rings is 1. The molecular weight excluding hydrogens is 414 g/mol. The zero-order valence-electron chi connectivity index (χ0n) is 18.6. The van der Waals surface area contributed by atoms with E-state index in [1.165, 1.54) is 5.56 Å². The summed E-state index contributed by atoms with van der Waals surface area (Å²) in [6.45, 7) is 2.42. The monoisotopic (exact) mass is 441 g/mol. The molecule has 6 heteroatoms. The van der Waals surface area contributed by atoms with Gasteiger partial charge in [-0.05, 0) is 54.2 Å². The van der Waals surface area contributed by atoms with Crippen molar-refractivity contribution in [2.24, 2.45) is 0 Å². The van der Waals surface area contributed by atoms with Gasteiger partial charge in [0.25, 0.3) is 0 Å². The molecule has 0 aliphatic heterocycles. The van der Waals surface area contributed by atoms with Gasteiger partial charge in [0.05, 0.1) is 6.20 Å². The number of aryl methyl sites for hydroxylation is 2. The molecule has 2 aromatic heterocycles. The Balaban J connectivity index is 1.45. The zero-order valence-corrected chi connectivity index (χ0v) is 18.6. The number of carbonyl (C=O) groups is 1. The van der Waals surface area contributed by atoms with Crippen LogP contribution >= 0.6 is 0 Å². The van der Waals surface area contributed by atoms with Crippen LogP contribution in [0.1, 0.15) is 40.2 Å². The molecule has 0 bridgehead atoms. The molecule has 6 nitrogen and oxygen atoms in total. The predicted octanol–water partition coefficient (Wildman–Crippen LogP) is 4.86. The lowest BCUT2D eigenvalue weighted by Gasteiger charge is -2.16. The molecule has 0 spiro atoms. The number of ether oxygens (including phenoxy) is 1. The molecule has 2 aromatic carbocycles. The van der Waals surface area contributed by atoms with Crippen molar-refractivity contribution in [3.05, 3.63) is 113 Å². The Morgan fingerprint density at radius 1 is 1.00 bits per heavy atom. The summed E-state index contributed by atoms with van der Waals surface area (Å²) < 4.78 is 7.38. The van der Waals surface area contributed by atoms with Crippen molar-refractivity contribution in [1.82, 2.24) is 14.8 Å². The van der Waals surface area contributed by atoms with Crippen LogP contribution in [0.4, 0.5) is 0 Å². The second-order valence-corrected chi connectivity index (χ2v) is 7.99. The maximum Gasteiger partial charge on any atom is 0.341 e. The van der Waals surface area contributed by atoms with E-state index in [2.05, 4.69) is 52.7 Å². The van der Waals surface area contributed by atoms with Crippen LogP contribution in [0.15, 0.2) is 85.5 Å². The molecule has 0 amide bonds. The Bertz CT molecular complexity index is 1150. The molecule has 0 fully saturated rings. The van der Waals surface area contributed by atoms with Gasteiger partial charge in [0.1, 0.15) is 5.75 Å². The Labute approximate surface area is 193 Å². The number of aliphatic carboxylic acids is 1. The third-order valence-electron chi connectivity index (χ3n) is 5.72. The standard InChI is InChI=1S/C27H27N3O3/c1-20-21(10-5-13-25(20)33-19-26(31)32)12-7-15-30-18-24(17-29-30)27(22-8-3-2-4-9-22)23-11-6-14-28-16-23/h2-6,8-11,13-14,16-18,27H,7,12,15,19H2,1H3,(H,31,32). The van der Waals surface area contributed by atoms with Gasteiger partial charge in [-0.2, -0.15) is 5.10 Å². The minimum Gasteiger partial charge on any atom is -0.482 e. The van der Waals surface area contributed by atoms with E-state index in [9.17, 15) is 4.79 Å². The smallest absolute Gasteiger partial charge is 0.341 e. The largest absolute Gasteiger partial charge is 0.482 e. The van der Waals surface area contributed by atoms with Crippen LogP contribution in [-0.4, -0.2) is 32.4 Å². The second-order valence-electron chi connectivity index (χ2n) is 7.99. The lowest BCUT2D eigenvalue weighted by molar-refractivity contribution is -0.139. The van der Waals surface area contributed by atoms with E-state index in [0.717, 1.165) is 41.6 Å². The van der Waals surface area contributed by atoms with E-state index >= 15 is 0 Å². The molecule has 4 aromatic rings. The van der Waals surface area contributed by atoms with Crippen molar-refractivity contribution in [2.45, 2.75) is 32.2 Å². The highest BCUT2D eigenvalue weighted by atomic mass is 16.5. The molecule has 0 aliphatic carbocycles. The van der Waals surface area contributed by atoms with Crippen molar-refractivity contribution >= 4 is 5.97 Å². The number of carboxylic acids is 1. The molecule has 33 heavy (non-hydrogen) atoms. The lowest BCUT2D eigenvalue weighted by atomic mass is 9.88. The minimum absolute atomic E-state index is 0.0824. The molecule has 1 atom stereocenters. The van der Waals surface area contributed by atoms with Crippen molar-refractivity contribution < 1.29 is 14.6 Å². The number of carboxylic acid groups (broad SMARTS) is 1. The van der Waals surface area contributed by atoms with E-state index < -0.39 is 5.97 Å². The first-order chi connectivity index (χ1) is 16.1. The van der Waals surface area contributed by atoms with Crippen LogP contribution in [-0.2, 0) is 17.8 Å². The molecule has 1 N–H and O–H groups in total. The minimum atomic E-state index is -0.977. The summed E-state index contributed by atoms with van der Waals surface area (Å²) in [6.07, 6.45) is 9.53. The van der Waals surface area contributed by atoms with Crippen molar-refractivity contribution in [3.8, 4) is 5.75 Å². The highest BCUT2D eigenvalue weighted by molar-refractivity contribution is 5.68. The molecule has 1 unspecified atom stereocenters. The third-order valence-corrected chi connectivity index (χ3v) is 5.72. The zero-order chi connectivity index (χ0) is 23.0. The van der Waals surface area contributed by atoms with Gasteiger partial charge in [0, 0.05) is 36.6 Å². The van der Waals surface area contributed by atoms with E-state index in [-0.39, 0.29) is 12.5 Å². The maximum atomic E-state index is 10.8. The fraction of sp³-hybridized carbons (Fsp3) is 0.222. The summed E-state index contributed by atoms with van der Waals surface area (Å²) in [5.41, 5.74) is 5.62. The molecule has 0 aliphatic rings. The fourth-order valence-electron chi connectivity index (χ4n) is 4.08. The van der Waals surface area contributed by atoms with Crippen LogP contribution in [0.25, 0.3) is 0 Å². The summed E-state index contributed by atoms with van der Waals surface area (Å²) in [6, 6.07) is 20.3. The van der Waals surface area contributed by atoms with Crippen LogP contribution in [0.5, 0.6) is 5.75 Å². The molecule has 168 valence electrons. The van der Waals surface area contributed by atoms with Gasteiger partial charge in [-0.1, -0.05) is 48.5 Å². The molecular formula is C27H27N3O3. The first kappa shape index (κ1) is 22.3. The normalized spacial score (nSPS) is 11.8. The summed E-state index contributed by atoms with van der Waals surface area (Å²) >= 11 is 0. The Hall–Kier alpha value is -3.93. The fourth-order valence-corrected chi connectivity index (χ4v) is 4.08. The third kappa shape index (κ3) is 5.66. The average Bonchev–Trinajstić information content (AvgIpc) is 3.29. The predicted molar refractivity (Wildman–Crippen MR) is 126 cm³/mol. The number of rotatable bonds is 10. The number of aromatic nitrogens is 3. The summed E-state index contributed by atoms with van der Waals surface area (Å²) in [4.78, 5) is 15.1. The highest BCUT2D eigenvalue weighted by Crippen LogP contribution is 2.31. The van der Waals surface area contributed by atoms with Crippen molar-refractivity contribution in [2.75, 3.05) is 6.61 Å². The highest BCUT2D eigenvalue weighted by Gasteiger charge is 2.18. The molecule has 0 saturated carbocycles. The number of hydrogen-bond donors (Lipinski definition) is 1. The van der Waals surface area contributed by atoms with Crippen LogP contribution in [0, 0.1) is 6.92 Å². The summed E-state index contributed by atoms with van der Waals surface area (Å²) in [5, 5.41) is 13.5. The molecule has 4 rings (SSSR count). The maximum absolute atomic E-state index is 10.8. The van der Waals surface area contributed by atoms with Gasteiger partial charge in [-0.25, -0.2) is 4.79 Å². The Kier molecular flexibility index (Phi) is 7.15. The van der Waals surface area contributed by atoms with Gasteiger partial charge < -0.3 is 9.84 Å². The number of hydrogen-bond acceptors (Lipinski definition) is 4. The van der Waals surface area contributed by atoms with Crippen LogP contribution < -0.4 is 4.74 Å². The number of benzene rings is 2. The van der Waals surface area contributed by atoms with E-state index in [1.807, 2.05) is 48.3 Å². The lowest BCUT2D eigenvalue weighted by Crippen LogP contribution is -2.10. The molecule has 0 saturated heterocycles. The van der Waals surface area contributed by atoms with E-state index in [1.54, 1.807) is 6.20 Å². The quantitative estimate of drug-likeness (QED) is 0.380. The Morgan fingerprint density at radius 2 is 1.82 bits per heavy atom. The van der Waals surface area contributed by atoms with Gasteiger partial charge >= 0.3 is 5.97 Å². The Morgan fingerprint density at radius 3 is 2.58 bits per heavy atom. The van der Waals surface area contributed by atoms with Gasteiger partial charge in [0.15, 0.2) is 6.61 Å². The van der Waals surface area contributed by atoms with Gasteiger partial charge in [0.2, 0.25) is 0 Å². The van der Waals surface area contributed by atoms with Crippen molar-refractivity contribution in [3.63, 3.8) is 0 Å². The van der Waals surface area contributed by atoms with Crippen LogP contribution in [0.3, 0.4) is 0 Å². The average molecular weight is 442 g/mol. The molecule has 2 heterocycles. The summed E-state index contributed by atoms with van der Waals surface area (Å²) in [7, 11) is 0. The topological polar surface area (TPSA) is 77.2 Å². The summed E-state index contributed by atoms with van der Waals surface area (Å²) in [5.74, 6) is -0.271. The second kappa shape index (κ2) is 10.6.